The quantitative estimate of drug-likeness (QED) is 0.357. The minimum Gasteiger partial charge on any atom is -0.427 e. The van der Waals surface area contributed by atoms with Crippen LogP contribution in [0.2, 0.25) is 0 Å². The van der Waals surface area contributed by atoms with Crippen molar-refractivity contribution in [2.24, 2.45) is 4.90 Å². The first-order valence-electron chi connectivity index (χ1n) is 1.75. The lowest BCUT2D eigenvalue weighted by atomic mass is 10.2. The summed E-state index contributed by atoms with van der Waals surface area (Å²) in [5.74, 6) is 0. The zero-order valence-corrected chi connectivity index (χ0v) is 3.74. The summed E-state index contributed by atoms with van der Waals surface area (Å²) in [7, 11) is -4.92. The summed E-state index contributed by atoms with van der Waals surface area (Å²) in [6, 6.07) is 0. The van der Waals surface area contributed by atoms with Gasteiger partial charge in [0.1, 0.15) is 0 Å². The van der Waals surface area contributed by atoms with E-state index in [1.807, 2.05) is 0 Å². The molecular formula is C2H4BF3N-. The Bertz CT molecular complexity index is 75.5. The molecule has 0 unspecified atom stereocenters. The van der Waals surface area contributed by atoms with Crippen molar-refractivity contribution >= 4 is 13.3 Å². The predicted octanol–water partition coefficient (Wildman–Crippen LogP) is 1.42. The fourth-order valence-corrected chi connectivity index (χ4v) is 0.169. The number of hydrogen-bond donors (Lipinski definition) is 0. The van der Waals surface area contributed by atoms with Gasteiger partial charge in [-0.1, -0.05) is 0 Å². The summed E-state index contributed by atoms with van der Waals surface area (Å²) in [4.78, 5) is 2.19. The molecular weight excluding hydrogens is 106 g/mol. The van der Waals surface area contributed by atoms with Crippen molar-refractivity contribution in [3.63, 3.8) is 0 Å². The first-order valence-corrected chi connectivity index (χ1v) is 1.75. The molecule has 0 saturated carbocycles. The van der Waals surface area contributed by atoms with Crippen molar-refractivity contribution in [3.05, 3.63) is 0 Å². The van der Waals surface area contributed by atoms with Gasteiger partial charge in [0.25, 0.3) is 0 Å². The third-order valence-electron chi connectivity index (χ3n) is 0.318. The third kappa shape index (κ3) is 5.52. The van der Waals surface area contributed by atoms with Crippen LogP contribution in [0.15, 0.2) is 4.90 Å². The highest BCUT2D eigenvalue weighted by molar-refractivity contribution is 6.57. The zero-order valence-electron chi connectivity index (χ0n) is 3.74. The molecule has 0 aromatic rings. The monoisotopic (exact) mass is 110 g/mol. The average Bonchev–Trinajstić information content (AvgIpc) is 1.30. The number of rotatable bonds is 1. The van der Waals surface area contributed by atoms with E-state index in [-0.39, 0.29) is 0 Å². The predicted molar refractivity (Wildman–Crippen MR) is 23.2 cm³/mol. The van der Waals surface area contributed by atoms with E-state index >= 15 is 0 Å². The molecule has 1 nitrogen and oxygen atoms in total. The second-order valence-corrected chi connectivity index (χ2v) is 0.947. The summed E-state index contributed by atoms with van der Waals surface area (Å²) in [5, 5.41) is 0. The van der Waals surface area contributed by atoms with Gasteiger partial charge in [-0.2, -0.15) is 0 Å². The largest absolute Gasteiger partial charge is 0.613 e. The topological polar surface area (TPSA) is 12.4 Å². The van der Waals surface area contributed by atoms with Crippen molar-refractivity contribution in [3.8, 4) is 0 Å². The summed E-state index contributed by atoms with van der Waals surface area (Å²) < 4.78 is 32.8. The maximum absolute atomic E-state index is 10.9. The van der Waals surface area contributed by atoms with Crippen LogP contribution in [0.5, 0.6) is 0 Å². The van der Waals surface area contributed by atoms with Crippen molar-refractivity contribution in [1.29, 1.82) is 0 Å². The lowest BCUT2D eigenvalue weighted by Crippen LogP contribution is -2.09. The molecule has 0 heterocycles. The number of halogens is 3. The molecule has 0 bridgehead atoms. The molecule has 0 aliphatic heterocycles. The Morgan fingerprint density at radius 2 is 1.86 bits per heavy atom. The van der Waals surface area contributed by atoms with Crippen molar-refractivity contribution in [1.82, 2.24) is 0 Å². The molecule has 0 amide bonds. The van der Waals surface area contributed by atoms with E-state index in [0.29, 0.717) is 0 Å². The Morgan fingerprint density at radius 1 is 1.43 bits per heavy atom. The highest BCUT2D eigenvalue weighted by Crippen LogP contribution is 2.07. The number of nitrogens with zero attached hydrogens (tertiary/aromatic N) is 1. The van der Waals surface area contributed by atoms with Gasteiger partial charge in [-0.25, -0.2) is 0 Å². The Hall–Kier alpha value is -0.475. The van der Waals surface area contributed by atoms with E-state index in [1.54, 1.807) is 0 Å². The second-order valence-electron chi connectivity index (χ2n) is 0.947. The third-order valence-corrected chi connectivity index (χ3v) is 0.318. The first-order chi connectivity index (χ1) is 3.06. The molecule has 0 atom stereocenters. The highest BCUT2D eigenvalue weighted by atomic mass is 19.4. The molecule has 0 fully saturated rings. The van der Waals surface area contributed by atoms with Gasteiger partial charge >= 0.3 is 7.11 Å². The summed E-state index contributed by atoms with van der Waals surface area (Å²) >= 11 is 0. The fourth-order valence-electron chi connectivity index (χ4n) is 0.169. The van der Waals surface area contributed by atoms with Gasteiger partial charge in [-0.3, -0.25) is 0 Å². The molecule has 0 aromatic carbocycles. The van der Waals surface area contributed by atoms with E-state index in [0.717, 1.165) is 6.21 Å². The minimum absolute atomic E-state index is 0.736. The zero-order chi connectivity index (χ0) is 5.91. The molecule has 0 aromatic heterocycles. The Kier molecular flexibility index (Phi) is 1.86. The van der Waals surface area contributed by atoms with E-state index in [2.05, 4.69) is 4.90 Å². The molecule has 5 heteroatoms. The van der Waals surface area contributed by atoms with Gasteiger partial charge in [-0.05, 0) is 13.1 Å². The van der Waals surface area contributed by atoms with Gasteiger partial charge in [0, 0.05) is 0 Å². The fraction of sp³-hybridized carbons (Fsp3) is 0.500. The normalized spacial score (nSPS) is 13.1. The van der Waals surface area contributed by atoms with Crippen LogP contribution in [-0.2, 0) is 0 Å². The van der Waals surface area contributed by atoms with E-state index in [9.17, 15) is 12.9 Å². The molecule has 0 aliphatic carbocycles. The second kappa shape index (κ2) is 2.00. The van der Waals surface area contributed by atoms with Crippen molar-refractivity contribution < 1.29 is 12.9 Å². The molecule has 0 rings (SSSR count). The van der Waals surface area contributed by atoms with E-state index in [1.165, 1.54) is 6.92 Å². The lowest BCUT2D eigenvalue weighted by molar-refractivity contribution is 0.476. The Balaban J connectivity index is 3.56. The van der Waals surface area contributed by atoms with Crippen LogP contribution in [0.4, 0.5) is 12.9 Å². The van der Waals surface area contributed by atoms with Crippen LogP contribution in [0.1, 0.15) is 6.92 Å². The summed E-state index contributed by atoms with van der Waals surface area (Å²) in [6.45, 7) is 1.23. The van der Waals surface area contributed by atoms with Crippen LogP contribution >= 0.6 is 0 Å². The van der Waals surface area contributed by atoms with Gasteiger partial charge < -0.3 is 17.9 Å². The lowest BCUT2D eigenvalue weighted by Gasteiger charge is -2.03. The minimum atomic E-state index is -4.92. The summed E-state index contributed by atoms with van der Waals surface area (Å²) in [6.07, 6.45) is 0.736. The van der Waals surface area contributed by atoms with Gasteiger partial charge in [0.05, 0.1) is 0 Å². The SMILES string of the molecule is C/C=N/[B-](F)(F)F. The highest BCUT2D eigenvalue weighted by Gasteiger charge is 2.19. The van der Waals surface area contributed by atoms with Gasteiger partial charge in [0.2, 0.25) is 0 Å². The molecule has 0 radical (unpaired) electrons. The van der Waals surface area contributed by atoms with Crippen LogP contribution in [0, 0.1) is 0 Å². The number of hydrogen-bond acceptors (Lipinski definition) is 1. The molecule has 0 N–H and O–H groups in total. The van der Waals surface area contributed by atoms with Crippen LogP contribution < -0.4 is 0 Å². The van der Waals surface area contributed by atoms with Crippen molar-refractivity contribution in [2.75, 3.05) is 0 Å². The molecule has 0 spiro atoms. The smallest absolute Gasteiger partial charge is 0.427 e. The molecule has 0 aliphatic rings. The standard InChI is InChI=1S/C2H4BF3N/c1-2-7-3(4,5)6/h2H,1H3/q-1/b7-2+. The van der Waals surface area contributed by atoms with Crippen molar-refractivity contribution in [2.45, 2.75) is 6.92 Å². The van der Waals surface area contributed by atoms with Crippen LogP contribution in [-0.4, -0.2) is 13.3 Å². The maximum Gasteiger partial charge on any atom is 0.613 e. The van der Waals surface area contributed by atoms with E-state index < -0.39 is 7.11 Å². The molecule has 7 heavy (non-hydrogen) atoms. The van der Waals surface area contributed by atoms with Gasteiger partial charge in [0.15, 0.2) is 0 Å². The maximum atomic E-state index is 10.9. The Morgan fingerprint density at radius 3 is 1.86 bits per heavy atom. The van der Waals surface area contributed by atoms with Crippen LogP contribution in [0.25, 0.3) is 0 Å². The average molecular weight is 110 g/mol. The van der Waals surface area contributed by atoms with Crippen LogP contribution in [0.3, 0.4) is 0 Å². The Labute approximate surface area is 39.3 Å². The first kappa shape index (κ1) is 6.52. The summed E-state index contributed by atoms with van der Waals surface area (Å²) in [5.41, 5.74) is 0. The molecule has 0 saturated heterocycles. The van der Waals surface area contributed by atoms with E-state index in [4.69, 9.17) is 0 Å². The molecule has 42 valence electrons. The van der Waals surface area contributed by atoms with Gasteiger partial charge in [-0.15, -0.1) is 0 Å².